The van der Waals surface area contributed by atoms with E-state index >= 15 is 0 Å². The van der Waals surface area contributed by atoms with Crippen LogP contribution in [-0.2, 0) is 0 Å². The lowest BCUT2D eigenvalue weighted by molar-refractivity contribution is 0.0661. The maximum Gasteiger partial charge on any atom is 0.0408 e. The maximum atomic E-state index is 6.09. The largest absolute Gasteiger partial charge is 0.330 e. The van der Waals surface area contributed by atoms with E-state index in [1.54, 1.807) is 0 Å². The zero-order valence-corrected chi connectivity index (χ0v) is 13.0. The molecular weight excluding hydrogens is 256 g/mol. The lowest BCUT2D eigenvalue weighted by atomic mass is 9.82. The Morgan fingerprint density at radius 3 is 2.74 bits per heavy atom. The number of halogens is 1. The van der Waals surface area contributed by atoms with E-state index in [2.05, 4.69) is 37.8 Å². The Labute approximate surface area is 121 Å². The second kappa shape index (κ2) is 6.25. The summed E-state index contributed by atoms with van der Waals surface area (Å²) in [5, 5.41) is 0.817. The van der Waals surface area contributed by atoms with Crippen LogP contribution in [0.1, 0.15) is 43.9 Å². The molecule has 2 N–H and O–H groups in total. The smallest absolute Gasteiger partial charge is 0.0408 e. The average Bonchev–Trinajstić information content (AvgIpc) is 2.38. The third-order valence-electron chi connectivity index (χ3n) is 4.31. The summed E-state index contributed by atoms with van der Waals surface area (Å²) in [7, 11) is 0. The standard InChI is InChI=1S/C16H25ClN2/c1-11(2)19-8-4-5-13(10-18)16(19)15-7-6-14(17)9-12(15)3/h6-7,9,11,13,16H,4-5,8,10,18H2,1-3H3. The van der Waals surface area contributed by atoms with Crippen LogP contribution in [0.4, 0.5) is 0 Å². The van der Waals surface area contributed by atoms with Crippen molar-refractivity contribution in [3.05, 3.63) is 34.3 Å². The summed E-state index contributed by atoms with van der Waals surface area (Å²) in [5.41, 5.74) is 8.70. The molecule has 2 unspecified atom stereocenters. The molecule has 0 bridgehead atoms. The molecule has 0 spiro atoms. The Hall–Kier alpha value is -0.570. The highest BCUT2D eigenvalue weighted by atomic mass is 35.5. The Bertz CT molecular complexity index is 431. The van der Waals surface area contributed by atoms with Gasteiger partial charge in [-0.2, -0.15) is 0 Å². The van der Waals surface area contributed by atoms with Gasteiger partial charge in [-0.1, -0.05) is 17.7 Å². The molecule has 3 heteroatoms. The number of nitrogens with zero attached hydrogens (tertiary/aromatic N) is 1. The highest BCUT2D eigenvalue weighted by molar-refractivity contribution is 6.30. The lowest BCUT2D eigenvalue weighted by Gasteiger charge is -2.44. The van der Waals surface area contributed by atoms with Crippen LogP contribution in [0.2, 0.25) is 5.02 Å². The van der Waals surface area contributed by atoms with Gasteiger partial charge in [-0.25, -0.2) is 0 Å². The van der Waals surface area contributed by atoms with Crippen molar-refractivity contribution >= 4 is 11.6 Å². The van der Waals surface area contributed by atoms with Crippen LogP contribution in [-0.4, -0.2) is 24.0 Å². The highest BCUT2D eigenvalue weighted by Crippen LogP contribution is 2.38. The molecule has 0 aliphatic carbocycles. The van der Waals surface area contributed by atoms with E-state index in [-0.39, 0.29) is 0 Å². The molecule has 1 aliphatic rings. The zero-order chi connectivity index (χ0) is 14.0. The van der Waals surface area contributed by atoms with E-state index < -0.39 is 0 Å². The van der Waals surface area contributed by atoms with Crippen molar-refractivity contribution in [2.75, 3.05) is 13.1 Å². The topological polar surface area (TPSA) is 29.3 Å². The highest BCUT2D eigenvalue weighted by Gasteiger charge is 2.33. The van der Waals surface area contributed by atoms with Gasteiger partial charge in [0.05, 0.1) is 0 Å². The fourth-order valence-electron chi connectivity index (χ4n) is 3.33. The summed E-state index contributed by atoms with van der Waals surface area (Å²) in [6.45, 7) is 8.63. The van der Waals surface area contributed by atoms with E-state index in [1.165, 1.54) is 30.5 Å². The van der Waals surface area contributed by atoms with Crippen molar-refractivity contribution in [3.63, 3.8) is 0 Å². The van der Waals surface area contributed by atoms with Crippen molar-refractivity contribution in [2.24, 2.45) is 11.7 Å². The van der Waals surface area contributed by atoms with Crippen molar-refractivity contribution < 1.29 is 0 Å². The van der Waals surface area contributed by atoms with Gasteiger partial charge in [-0.3, -0.25) is 4.90 Å². The minimum Gasteiger partial charge on any atom is -0.330 e. The molecule has 0 aromatic heterocycles. The first-order valence-electron chi connectivity index (χ1n) is 7.26. The van der Waals surface area contributed by atoms with Gasteiger partial charge in [-0.05, 0) is 75.9 Å². The molecule has 106 valence electrons. The average molecular weight is 281 g/mol. The first-order chi connectivity index (χ1) is 9.04. The molecule has 0 amide bonds. The molecule has 1 aliphatic heterocycles. The van der Waals surface area contributed by atoms with Crippen molar-refractivity contribution in [1.29, 1.82) is 0 Å². The number of hydrogen-bond donors (Lipinski definition) is 1. The molecule has 0 radical (unpaired) electrons. The fraction of sp³-hybridized carbons (Fsp3) is 0.625. The molecule has 2 rings (SSSR count). The summed E-state index contributed by atoms with van der Waals surface area (Å²) >= 11 is 6.09. The van der Waals surface area contributed by atoms with Crippen LogP contribution < -0.4 is 5.73 Å². The van der Waals surface area contributed by atoms with Crippen LogP contribution >= 0.6 is 11.6 Å². The van der Waals surface area contributed by atoms with E-state index in [4.69, 9.17) is 17.3 Å². The molecule has 1 heterocycles. The molecule has 1 saturated heterocycles. The summed E-state index contributed by atoms with van der Waals surface area (Å²) < 4.78 is 0. The SMILES string of the molecule is Cc1cc(Cl)ccc1C1C(CN)CCCN1C(C)C. The van der Waals surface area contributed by atoms with E-state index in [9.17, 15) is 0 Å². The number of aryl methyl sites for hydroxylation is 1. The summed E-state index contributed by atoms with van der Waals surface area (Å²) in [4.78, 5) is 2.59. The number of hydrogen-bond acceptors (Lipinski definition) is 2. The Morgan fingerprint density at radius 1 is 1.42 bits per heavy atom. The number of piperidine rings is 1. The van der Waals surface area contributed by atoms with Crippen molar-refractivity contribution in [2.45, 2.75) is 45.7 Å². The predicted molar refractivity (Wildman–Crippen MR) is 82.6 cm³/mol. The second-order valence-corrected chi connectivity index (χ2v) is 6.35. The Morgan fingerprint density at radius 2 is 2.16 bits per heavy atom. The normalized spacial score (nSPS) is 24.9. The molecule has 0 saturated carbocycles. The van der Waals surface area contributed by atoms with Crippen LogP contribution in [0.3, 0.4) is 0 Å². The maximum absolute atomic E-state index is 6.09. The molecule has 19 heavy (non-hydrogen) atoms. The van der Waals surface area contributed by atoms with Gasteiger partial charge in [0.25, 0.3) is 0 Å². The van der Waals surface area contributed by atoms with E-state index in [1.807, 2.05) is 6.07 Å². The van der Waals surface area contributed by atoms with Crippen LogP contribution in [0.15, 0.2) is 18.2 Å². The van der Waals surface area contributed by atoms with Crippen LogP contribution in [0.5, 0.6) is 0 Å². The van der Waals surface area contributed by atoms with Gasteiger partial charge in [-0.15, -0.1) is 0 Å². The lowest BCUT2D eigenvalue weighted by Crippen LogP contribution is -2.45. The zero-order valence-electron chi connectivity index (χ0n) is 12.2. The molecule has 2 atom stereocenters. The van der Waals surface area contributed by atoms with E-state index in [0.29, 0.717) is 18.0 Å². The minimum atomic E-state index is 0.441. The monoisotopic (exact) mass is 280 g/mol. The number of likely N-dealkylation sites (tertiary alicyclic amines) is 1. The summed E-state index contributed by atoms with van der Waals surface area (Å²) in [6, 6.07) is 7.25. The van der Waals surface area contributed by atoms with Gasteiger partial charge in [0.1, 0.15) is 0 Å². The van der Waals surface area contributed by atoms with Gasteiger partial charge in [0, 0.05) is 17.1 Å². The van der Waals surface area contributed by atoms with Gasteiger partial charge < -0.3 is 5.73 Å². The third kappa shape index (κ3) is 3.13. The number of benzene rings is 1. The third-order valence-corrected chi connectivity index (χ3v) is 4.55. The quantitative estimate of drug-likeness (QED) is 0.913. The first kappa shape index (κ1) is 14.8. The molecule has 1 aromatic carbocycles. The molecule has 1 fully saturated rings. The van der Waals surface area contributed by atoms with Crippen LogP contribution in [0, 0.1) is 12.8 Å². The Balaban J connectivity index is 2.39. The van der Waals surface area contributed by atoms with Crippen molar-refractivity contribution in [1.82, 2.24) is 4.90 Å². The second-order valence-electron chi connectivity index (χ2n) is 5.92. The van der Waals surface area contributed by atoms with Crippen molar-refractivity contribution in [3.8, 4) is 0 Å². The van der Waals surface area contributed by atoms with Gasteiger partial charge >= 0.3 is 0 Å². The first-order valence-corrected chi connectivity index (χ1v) is 7.64. The molecular formula is C16H25ClN2. The summed E-state index contributed by atoms with van der Waals surface area (Å²) in [6.07, 6.45) is 2.48. The Kier molecular flexibility index (Phi) is 4.88. The molecule has 2 nitrogen and oxygen atoms in total. The number of nitrogens with two attached hydrogens (primary N) is 1. The predicted octanol–water partition coefficient (Wildman–Crippen LogP) is 3.77. The minimum absolute atomic E-state index is 0.441. The molecule has 1 aromatic rings. The van der Waals surface area contributed by atoms with Gasteiger partial charge in [0.15, 0.2) is 0 Å². The summed E-state index contributed by atoms with van der Waals surface area (Å²) in [5.74, 6) is 0.552. The van der Waals surface area contributed by atoms with E-state index in [0.717, 1.165) is 11.6 Å². The number of rotatable bonds is 3. The van der Waals surface area contributed by atoms with Gasteiger partial charge in [0.2, 0.25) is 0 Å². The fourth-order valence-corrected chi connectivity index (χ4v) is 3.56. The van der Waals surface area contributed by atoms with Crippen LogP contribution in [0.25, 0.3) is 0 Å².